The van der Waals surface area contributed by atoms with E-state index in [1.54, 1.807) is 18.2 Å². The Labute approximate surface area is 98.4 Å². The summed E-state index contributed by atoms with van der Waals surface area (Å²) in [5.74, 6) is 5.65. The summed E-state index contributed by atoms with van der Waals surface area (Å²) < 4.78 is 0. The molecule has 1 aromatic rings. The van der Waals surface area contributed by atoms with Crippen molar-refractivity contribution in [1.29, 1.82) is 0 Å². The van der Waals surface area contributed by atoms with E-state index >= 15 is 0 Å². The van der Waals surface area contributed by atoms with Crippen molar-refractivity contribution in [1.82, 2.24) is 0 Å². The van der Waals surface area contributed by atoms with Crippen LogP contribution in [0, 0.1) is 17.8 Å². The molecule has 1 aromatic carbocycles. The molecule has 2 rings (SSSR count). The molecule has 0 spiro atoms. The van der Waals surface area contributed by atoms with Crippen LogP contribution in [0.3, 0.4) is 0 Å². The lowest BCUT2D eigenvalue weighted by Crippen LogP contribution is -1.96. The summed E-state index contributed by atoms with van der Waals surface area (Å²) in [4.78, 5) is 11.6. The van der Waals surface area contributed by atoms with Gasteiger partial charge in [0.15, 0.2) is 0 Å². The van der Waals surface area contributed by atoms with Crippen molar-refractivity contribution in [3.05, 3.63) is 33.8 Å². The number of halogens is 2. The van der Waals surface area contributed by atoms with Gasteiger partial charge in [0.2, 0.25) is 5.78 Å². The maximum absolute atomic E-state index is 11.6. The third-order valence-corrected chi connectivity index (χ3v) is 2.70. The van der Waals surface area contributed by atoms with Crippen LogP contribution >= 0.6 is 23.2 Å². The van der Waals surface area contributed by atoms with Gasteiger partial charge in [0.1, 0.15) is 0 Å². The molecule has 76 valence electrons. The number of carbonyl (C=O) groups is 1. The first-order valence-electron chi connectivity index (χ1n) is 4.68. The summed E-state index contributed by atoms with van der Waals surface area (Å²) in [6, 6.07) is 4.80. The Bertz CT molecular complexity index is 464. The minimum absolute atomic E-state index is 0.255. The Balaban J connectivity index is 2.24. The van der Waals surface area contributed by atoms with E-state index in [4.69, 9.17) is 23.2 Å². The minimum atomic E-state index is -0.255. The van der Waals surface area contributed by atoms with E-state index in [1.165, 1.54) is 0 Å². The van der Waals surface area contributed by atoms with Gasteiger partial charge >= 0.3 is 0 Å². The van der Waals surface area contributed by atoms with Gasteiger partial charge in [-0.25, -0.2) is 0 Å². The Kier molecular flexibility index (Phi) is 3.00. The maximum atomic E-state index is 11.6. The second-order valence-corrected chi connectivity index (χ2v) is 4.34. The molecule has 1 nitrogen and oxygen atoms in total. The molecule has 0 saturated heterocycles. The second kappa shape index (κ2) is 4.26. The van der Waals surface area contributed by atoms with Gasteiger partial charge in [0, 0.05) is 10.9 Å². The highest BCUT2D eigenvalue weighted by Gasteiger charge is 2.18. The van der Waals surface area contributed by atoms with Gasteiger partial charge in [0.25, 0.3) is 0 Å². The predicted octanol–water partition coefficient (Wildman–Crippen LogP) is 3.59. The average Bonchev–Trinajstić information content (AvgIpc) is 3.02. The molecular weight excluding hydrogens is 231 g/mol. The van der Waals surface area contributed by atoms with Crippen LogP contribution in [0.15, 0.2) is 18.2 Å². The van der Waals surface area contributed by atoms with Gasteiger partial charge in [-0.15, -0.1) is 0 Å². The molecular formula is C12H8Cl2O. The van der Waals surface area contributed by atoms with Crippen molar-refractivity contribution in [2.45, 2.75) is 12.8 Å². The summed E-state index contributed by atoms with van der Waals surface area (Å²) in [6.45, 7) is 0. The fourth-order valence-corrected chi connectivity index (χ4v) is 1.51. The monoisotopic (exact) mass is 238 g/mol. The summed E-state index contributed by atoms with van der Waals surface area (Å²) in [6.07, 6.45) is 2.20. The molecule has 1 aliphatic carbocycles. The number of Topliss-reactive ketones (excluding diaryl/α,β-unsaturated/α-hetero) is 1. The van der Waals surface area contributed by atoms with Gasteiger partial charge in [-0.1, -0.05) is 29.1 Å². The first kappa shape index (κ1) is 10.5. The minimum Gasteiger partial charge on any atom is -0.279 e. The lowest BCUT2D eigenvalue weighted by Gasteiger charge is -1.98. The molecule has 0 amide bonds. The van der Waals surface area contributed by atoms with Crippen molar-refractivity contribution < 1.29 is 4.79 Å². The van der Waals surface area contributed by atoms with Crippen LogP contribution in [-0.2, 0) is 0 Å². The molecule has 0 unspecified atom stereocenters. The van der Waals surface area contributed by atoms with E-state index in [2.05, 4.69) is 11.8 Å². The molecule has 1 aliphatic rings. The fraction of sp³-hybridized carbons (Fsp3) is 0.250. The number of rotatable bonds is 1. The van der Waals surface area contributed by atoms with E-state index in [0.29, 0.717) is 21.5 Å². The van der Waals surface area contributed by atoms with Crippen LogP contribution in [0.2, 0.25) is 10.0 Å². The standard InChI is InChI=1S/C12H8Cl2O/c13-9-4-5-11(14)10(7-9)12(15)6-3-8-1-2-8/h4-5,7-8H,1-2H2. The molecule has 0 atom stereocenters. The van der Waals surface area contributed by atoms with E-state index in [-0.39, 0.29) is 5.78 Å². The van der Waals surface area contributed by atoms with E-state index in [1.807, 2.05) is 0 Å². The second-order valence-electron chi connectivity index (χ2n) is 3.50. The summed E-state index contributed by atoms with van der Waals surface area (Å²) >= 11 is 11.7. The highest BCUT2D eigenvalue weighted by atomic mass is 35.5. The smallest absolute Gasteiger partial charge is 0.237 e. The van der Waals surface area contributed by atoms with Gasteiger partial charge in [-0.2, -0.15) is 0 Å². The summed E-state index contributed by atoms with van der Waals surface area (Å²) in [7, 11) is 0. The highest BCUT2D eigenvalue weighted by molar-refractivity contribution is 6.36. The first-order valence-corrected chi connectivity index (χ1v) is 5.43. The molecule has 0 heterocycles. The van der Waals surface area contributed by atoms with Crippen molar-refractivity contribution in [3.8, 4) is 11.8 Å². The zero-order valence-electron chi connectivity index (χ0n) is 7.89. The molecule has 0 aromatic heterocycles. The number of carbonyl (C=O) groups excluding carboxylic acids is 1. The lowest BCUT2D eigenvalue weighted by atomic mass is 10.1. The fourth-order valence-electron chi connectivity index (χ4n) is 1.13. The third kappa shape index (κ3) is 2.75. The predicted molar refractivity (Wildman–Crippen MR) is 61.3 cm³/mol. The van der Waals surface area contributed by atoms with Gasteiger partial charge in [-0.3, -0.25) is 4.79 Å². The maximum Gasteiger partial charge on any atom is 0.237 e. The number of hydrogen-bond donors (Lipinski definition) is 0. The first-order chi connectivity index (χ1) is 7.16. The topological polar surface area (TPSA) is 17.1 Å². The summed E-state index contributed by atoms with van der Waals surface area (Å²) in [5, 5.41) is 0.894. The van der Waals surface area contributed by atoms with Gasteiger partial charge < -0.3 is 0 Å². The van der Waals surface area contributed by atoms with Crippen molar-refractivity contribution in [2.75, 3.05) is 0 Å². The normalized spacial score (nSPS) is 14.3. The van der Waals surface area contributed by atoms with Crippen LogP contribution in [0.5, 0.6) is 0 Å². The Morgan fingerprint density at radius 2 is 2.07 bits per heavy atom. The van der Waals surface area contributed by atoms with Gasteiger partial charge in [0.05, 0.1) is 10.6 Å². The molecule has 0 radical (unpaired) electrons. The lowest BCUT2D eigenvalue weighted by molar-refractivity contribution is 0.105. The molecule has 1 saturated carbocycles. The molecule has 0 N–H and O–H groups in total. The number of ketones is 1. The Hall–Kier alpha value is -0.970. The molecule has 1 fully saturated rings. The Morgan fingerprint density at radius 1 is 1.33 bits per heavy atom. The molecule has 15 heavy (non-hydrogen) atoms. The van der Waals surface area contributed by atoms with Crippen LogP contribution < -0.4 is 0 Å². The average molecular weight is 239 g/mol. The van der Waals surface area contributed by atoms with Crippen molar-refractivity contribution in [3.63, 3.8) is 0 Å². The SMILES string of the molecule is O=C(C#CC1CC1)c1cc(Cl)ccc1Cl. The third-order valence-electron chi connectivity index (χ3n) is 2.14. The number of benzene rings is 1. The van der Waals surface area contributed by atoms with Crippen LogP contribution in [0.4, 0.5) is 0 Å². The Morgan fingerprint density at radius 3 is 2.73 bits per heavy atom. The summed E-state index contributed by atoms with van der Waals surface area (Å²) in [5.41, 5.74) is 0.386. The zero-order valence-corrected chi connectivity index (χ0v) is 9.40. The van der Waals surface area contributed by atoms with E-state index in [9.17, 15) is 4.79 Å². The van der Waals surface area contributed by atoms with Crippen molar-refractivity contribution >= 4 is 29.0 Å². The molecule has 0 bridgehead atoms. The van der Waals surface area contributed by atoms with E-state index in [0.717, 1.165) is 12.8 Å². The molecule has 0 aliphatic heterocycles. The number of hydrogen-bond acceptors (Lipinski definition) is 1. The zero-order chi connectivity index (χ0) is 10.8. The highest BCUT2D eigenvalue weighted by Crippen LogP contribution is 2.27. The van der Waals surface area contributed by atoms with Gasteiger partial charge in [-0.05, 0) is 37.0 Å². The quantitative estimate of drug-likeness (QED) is 0.415. The van der Waals surface area contributed by atoms with Crippen LogP contribution in [0.1, 0.15) is 23.2 Å². The van der Waals surface area contributed by atoms with Crippen LogP contribution in [-0.4, -0.2) is 5.78 Å². The largest absolute Gasteiger partial charge is 0.279 e. The van der Waals surface area contributed by atoms with Crippen molar-refractivity contribution in [2.24, 2.45) is 5.92 Å². The molecule has 3 heteroatoms. The van der Waals surface area contributed by atoms with E-state index < -0.39 is 0 Å². The van der Waals surface area contributed by atoms with Crippen LogP contribution in [0.25, 0.3) is 0 Å².